The van der Waals surface area contributed by atoms with Crippen molar-refractivity contribution in [1.82, 2.24) is 4.98 Å². The maximum Gasteiger partial charge on any atom is 0.307 e. The van der Waals surface area contributed by atoms with Gasteiger partial charge in [-0.05, 0) is 11.6 Å². The van der Waals surface area contributed by atoms with E-state index in [2.05, 4.69) is 4.98 Å². The minimum absolute atomic E-state index is 0.0556. The molecule has 12 heavy (non-hydrogen) atoms. The predicted molar refractivity (Wildman–Crippen MR) is 43.4 cm³/mol. The summed E-state index contributed by atoms with van der Waals surface area (Å²) in [5.41, 5.74) is -0.136. The third kappa shape index (κ3) is 1.85. The number of nitrogens with one attached hydrogen (secondary N) is 1. The monoisotopic (exact) mass is 187 g/mol. The van der Waals surface area contributed by atoms with E-state index in [1.165, 1.54) is 12.3 Å². The fourth-order valence-electron chi connectivity index (χ4n) is 0.800. The van der Waals surface area contributed by atoms with Gasteiger partial charge in [-0.3, -0.25) is 9.59 Å². The highest BCUT2D eigenvalue weighted by Gasteiger charge is 2.06. The van der Waals surface area contributed by atoms with Crippen molar-refractivity contribution in [2.24, 2.45) is 0 Å². The third-order valence-electron chi connectivity index (χ3n) is 1.32. The number of rotatable bonds is 2. The van der Waals surface area contributed by atoms with Crippen molar-refractivity contribution in [1.29, 1.82) is 0 Å². The maximum absolute atomic E-state index is 10.8. The van der Waals surface area contributed by atoms with Gasteiger partial charge in [-0.25, -0.2) is 0 Å². The van der Waals surface area contributed by atoms with Crippen molar-refractivity contribution in [2.45, 2.75) is 6.42 Å². The molecule has 0 bridgehead atoms. The van der Waals surface area contributed by atoms with Gasteiger partial charge in [-0.1, -0.05) is 11.6 Å². The smallest absolute Gasteiger partial charge is 0.307 e. The molecular formula is C7H6ClNO3. The van der Waals surface area contributed by atoms with Crippen molar-refractivity contribution in [2.75, 3.05) is 0 Å². The normalized spacial score (nSPS) is 9.75. The fourth-order valence-corrected chi connectivity index (χ4v) is 0.984. The lowest BCUT2D eigenvalue weighted by atomic mass is 10.2. The fraction of sp³-hybridized carbons (Fsp3) is 0.143. The molecule has 2 N–H and O–H groups in total. The molecule has 0 unspecified atom stereocenters. The molecule has 0 spiro atoms. The molecule has 0 saturated heterocycles. The molecule has 5 heteroatoms. The molecule has 0 fully saturated rings. The molecule has 4 nitrogen and oxygen atoms in total. The van der Waals surface area contributed by atoms with Crippen molar-refractivity contribution < 1.29 is 9.90 Å². The molecule has 0 radical (unpaired) electrons. The number of aromatic amines is 1. The van der Waals surface area contributed by atoms with Gasteiger partial charge in [0.1, 0.15) is 5.02 Å². The van der Waals surface area contributed by atoms with E-state index in [0.29, 0.717) is 5.56 Å². The Kier molecular flexibility index (Phi) is 2.50. The van der Waals surface area contributed by atoms with Crippen LogP contribution in [0.1, 0.15) is 5.56 Å². The van der Waals surface area contributed by atoms with Crippen molar-refractivity contribution in [3.05, 3.63) is 33.2 Å². The highest BCUT2D eigenvalue weighted by molar-refractivity contribution is 6.31. The number of aromatic nitrogens is 1. The van der Waals surface area contributed by atoms with E-state index in [1.54, 1.807) is 0 Å². The first-order valence-electron chi connectivity index (χ1n) is 3.19. The maximum atomic E-state index is 10.8. The van der Waals surface area contributed by atoms with Crippen molar-refractivity contribution >= 4 is 17.6 Å². The van der Waals surface area contributed by atoms with Crippen molar-refractivity contribution in [3.63, 3.8) is 0 Å². The number of pyridine rings is 1. The summed E-state index contributed by atoms with van der Waals surface area (Å²) in [6, 6.07) is 1.47. The summed E-state index contributed by atoms with van der Waals surface area (Å²) in [6.07, 6.45) is 1.13. The lowest BCUT2D eigenvalue weighted by Gasteiger charge is -1.97. The minimum Gasteiger partial charge on any atom is -0.481 e. The highest BCUT2D eigenvalue weighted by atomic mass is 35.5. The molecule has 1 aromatic rings. The van der Waals surface area contributed by atoms with Crippen LogP contribution < -0.4 is 5.56 Å². The molecule has 64 valence electrons. The second-order valence-corrected chi connectivity index (χ2v) is 2.59. The van der Waals surface area contributed by atoms with Crippen LogP contribution in [0.2, 0.25) is 5.02 Å². The first kappa shape index (κ1) is 8.80. The number of carboxylic acids is 1. The van der Waals surface area contributed by atoms with Crippen LogP contribution >= 0.6 is 11.6 Å². The van der Waals surface area contributed by atoms with Crippen LogP contribution in [-0.4, -0.2) is 16.1 Å². The van der Waals surface area contributed by atoms with E-state index < -0.39 is 11.5 Å². The van der Waals surface area contributed by atoms with E-state index in [0.717, 1.165) is 0 Å². The summed E-state index contributed by atoms with van der Waals surface area (Å²) in [7, 11) is 0. The Hall–Kier alpha value is -1.29. The zero-order chi connectivity index (χ0) is 9.14. The van der Waals surface area contributed by atoms with Gasteiger partial charge in [0.15, 0.2) is 0 Å². The molecule has 1 heterocycles. The molecule has 0 aliphatic carbocycles. The Morgan fingerprint density at radius 2 is 2.33 bits per heavy atom. The summed E-state index contributed by atoms with van der Waals surface area (Å²) in [5, 5.41) is 8.36. The molecule has 0 atom stereocenters. The number of H-pyrrole nitrogens is 1. The van der Waals surface area contributed by atoms with Crippen LogP contribution in [-0.2, 0) is 11.2 Å². The summed E-state index contributed by atoms with van der Waals surface area (Å²) in [6.45, 7) is 0. The molecule has 1 rings (SSSR count). The Morgan fingerprint density at radius 1 is 1.67 bits per heavy atom. The quantitative estimate of drug-likeness (QED) is 0.715. The first-order valence-corrected chi connectivity index (χ1v) is 3.57. The average molecular weight is 188 g/mol. The summed E-state index contributed by atoms with van der Waals surface area (Å²) in [4.78, 5) is 23.4. The summed E-state index contributed by atoms with van der Waals surface area (Å²) < 4.78 is 0. The van der Waals surface area contributed by atoms with E-state index in [-0.39, 0.29) is 11.4 Å². The Bertz CT molecular complexity index is 358. The van der Waals surface area contributed by atoms with Gasteiger partial charge in [0.2, 0.25) is 0 Å². The van der Waals surface area contributed by atoms with Crippen LogP contribution in [0.4, 0.5) is 0 Å². The number of carbonyl (C=O) groups is 1. The lowest BCUT2D eigenvalue weighted by molar-refractivity contribution is -0.136. The molecule has 0 saturated carbocycles. The molecule has 0 aliphatic heterocycles. The SMILES string of the molecule is O=C(O)Cc1cc[nH]c(=O)c1Cl. The van der Waals surface area contributed by atoms with Gasteiger partial charge in [-0.2, -0.15) is 0 Å². The molecular weight excluding hydrogens is 182 g/mol. The Morgan fingerprint density at radius 3 is 2.92 bits per heavy atom. The molecule has 0 amide bonds. The zero-order valence-electron chi connectivity index (χ0n) is 6.00. The van der Waals surface area contributed by atoms with Crippen LogP contribution in [0.25, 0.3) is 0 Å². The minimum atomic E-state index is -1.01. The lowest BCUT2D eigenvalue weighted by Crippen LogP contribution is -2.10. The van der Waals surface area contributed by atoms with Gasteiger partial charge >= 0.3 is 5.97 Å². The number of hydrogen-bond acceptors (Lipinski definition) is 2. The number of hydrogen-bond donors (Lipinski definition) is 2. The molecule has 0 aromatic carbocycles. The van der Waals surface area contributed by atoms with Gasteiger partial charge < -0.3 is 10.1 Å². The highest BCUT2D eigenvalue weighted by Crippen LogP contribution is 2.09. The van der Waals surface area contributed by atoms with Crippen LogP contribution in [0.15, 0.2) is 17.1 Å². The number of aliphatic carboxylic acids is 1. The van der Waals surface area contributed by atoms with Gasteiger partial charge in [0, 0.05) is 6.20 Å². The largest absolute Gasteiger partial charge is 0.481 e. The first-order chi connectivity index (χ1) is 5.61. The van der Waals surface area contributed by atoms with Crippen molar-refractivity contribution in [3.8, 4) is 0 Å². The number of carboxylic acid groups (broad SMARTS) is 1. The third-order valence-corrected chi connectivity index (χ3v) is 1.74. The zero-order valence-corrected chi connectivity index (χ0v) is 6.76. The Balaban J connectivity index is 3.08. The second-order valence-electron chi connectivity index (χ2n) is 2.22. The van der Waals surface area contributed by atoms with Gasteiger partial charge in [0.05, 0.1) is 6.42 Å². The molecule has 0 aliphatic rings. The van der Waals surface area contributed by atoms with Crippen LogP contribution in [0, 0.1) is 0 Å². The van der Waals surface area contributed by atoms with E-state index in [1.807, 2.05) is 0 Å². The second kappa shape index (κ2) is 3.40. The summed E-state index contributed by atoms with van der Waals surface area (Å²) in [5.74, 6) is -1.01. The Labute approximate surface area is 72.8 Å². The van der Waals surface area contributed by atoms with E-state index >= 15 is 0 Å². The molecule has 1 aromatic heterocycles. The van der Waals surface area contributed by atoms with E-state index in [4.69, 9.17) is 16.7 Å². The van der Waals surface area contributed by atoms with Crippen LogP contribution in [0.5, 0.6) is 0 Å². The summed E-state index contributed by atoms with van der Waals surface area (Å²) >= 11 is 5.53. The van der Waals surface area contributed by atoms with Crippen LogP contribution in [0.3, 0.4) is 0 Å². The number of halogens is 1. The van der Waals surface area contributed by atoms with E-state index in [9.17, 15) is 9.59 Å². The standard InChI is InChI=1S/C7H6ClNO3/c8-6-4(3-5(10)11)1-2-9-7(6)12/h1-2H,3H2,(H,9,12)(H,10,11). The average Bonchev–Trinajstić information content (AvgIpc) is 1.98. The topological polar surface area (TPSA) is 70.2 Å². The van der Waals surface area contributed by atoms with Gasteiger partial charge in [0.25, 0.3) is 5.56 Å². The predicted octanol–water partition coefficient (Wildman–Crippen LogP) is 0.655. The van der Waals surface area contributed by atoms with Gasteiger partial charge in [-0.15, -0.1) is 0 Å².